The molecule has 0 aliphatic heterocycles. The first kappa shape index (κ1) is 100. The number of amides is 14. The number of carboxylic acid groups (broad SMARTS) is 2. The van der Waals surface area contributed by atoms with Crippen LogP contribution in [0.2, 0.25) is 0 Å². The highest BCUT2D eigenvalue weighted by molar-refractivity contribution is 6.01. The minimum Gasteiger partial charge on any atom is -0.508 e. The summed E-state index contributed by atoms with van der Waals surface area (Å²) in [4.78, 5) is 229. The normalized spacial score (nSPS) is 15.8. The minimum absolute atomic E-state index is 0.00370. The molecule has 1 aromatic heterocycles. The number of aliphatic imine (C=N–C) groups is 1. The molecule has 43 nitrogen and oxygen atoms in total. The van der Waals surface area contributed by atoms with Crippen molar-refractivity contribution in [2.45, 2.75) is 237 Å². The van der Waals surface area contributed by atoms with Gasteiger partial charge in [0.2, 0.25) is 82.7 Å². The molecule has 0 radical (unpaired) electrons. The molecule has 18 atom stereocenters. The van der Waals surface area contributed by atoms with Gasteiger partial charge in [-0.25, -0.2) is 9.78 Å². The number of hydrogen-bond donors (Lipinski definition) is 25. The predicted octanol–water partition coefficient (Wildman–Crippen LogP) is -7.19. The average Bonchev–Trinajstić information content (AvgIpc) is 0.893. The molecule has 654 valence electrons. The number of hydrogen-bond acceptors (Lipinski definition) is 24. The van der Waals surface area contributed by atoms with Gasteiger partial charge in [-0.2, -0.15) is 0 Å². The second kappa shape index (κ2) is 49.8. The smallest absolute Gasteiger partial charge is 0.328 e. The van der Waals surface area contributed by atoms with Crippen LogP contribution < -0.4 is 91.6 Å². The molecule has 0 fully saturated rings. The van der Waals surface area contributed by atoms with Crippen LogP contribution in [0.15, 0.2) is 72.1 Å². The molecule has 118 heavy (non-hydrogen) atoms. The maximum absolute atomic E-state index is 14.4. The summed E-state index contributed by atoms with van der Waals surface area (Å²) in [6.07, 6.45) is -3.94. The number of aromatic nitrogens is 2. The number of aliphatic carboxylic acids is 2. The number of guanidine groups is 1. The molecule has 0 aliphatic carbocycles. The number of imidazole rings is 1. The lowest BCUT2D eigenvalue weighted by Crippen LogP contribution is -2.62. The number of nitrogens with zero attached hydrogens (tertiary/aromatic N) is 2. The van der Waals surface area contributed by atoms with E-state index in [0.29, 0.717) is 16.8 Å². The summed E-state index contributed by atoms with van der Waals surface area (Å²) in [6.45, 7) is 13.7. The van der Waals surface area contributed by atoms with Crippen LogP contribution in [-0.2, 0) is 96.0 Å². The fourth-order valence-corrected chi connectivity index (χ4v) is 11.5. The Bertz CT molecular complexity index is 3900. The maximum Gasteiger partial charge on any atom is 0.328 e. The first-order valence-corrected chi connectivity index (χ1v) is 38.3. The molecule has 3 rings (SSSR count). The largest absolute Gasteiger partial charge is 0.508 e. The van der Waals surface area contributed by atoms with Gasteiger partial charge in [-0.3, -0.25) is 76.9 Å². The second-order valence-electron chi connectivity index (χ2n) is 29.5. The Morgan fingerprint density at radius 3 is 1.38 bits per heavy atom. The fraction of sp³-hybridized carbons (Fsp3) is 0.573. The second-order valence-corrected chi connectivity index (χ2v) is 29.5. The van der Waals surface area contributed by atoms with Crippen molar-refractivity contribution in [2.24, 2.45) is 39.9 Å². The zero-order valence-corrected chi connectivity index (χ0v) is 67.7. The fourth-order valence-electron chi connectivity index (χ4n) is 11.5. The maximum atomic E-state index is 14.4. The van der Waals surface area contributed by atoms with Crippen LogP contribution in [0, 0.1) is 17.8 Å². The zero-order chi connectivity index (χ0) is 89.0. The molecule has 2 aromatic carbocycles. The number of benzene rings is 2. The van der Waals surface area contributed by atoms with Gasteiger partial charge in [0.25, 0.3) is 0 Å². The van der Waals surface area contributed by atoms with E-state index in [-0.39, 0.29) is 81.5 Å². The lowest BCUT2D eigenvalue weighted by molar-refractivity contribution is -0.146. The van der Waals surface area contributed by atoms with Gasteiger partial charge in [-0.1, -0.05) is 90.4 Å². The molecule has 0 spiro atoms. The van der Waals surface area contributed by atoms with E-state index in [4.69, 9.17) is 17.2 Å². The van der Waals surface area contributed by atoms with Crippen molar-refractivity contribution in [2.75, 3.05) is 19.7 Å². The molecule has 0 unspecified atom stereocenters. The number of H-pyrrole nitrogens is 1. The number of aromatic amines is 1. The summed E-state index contributed by atoms with van der Waals surface area (Å²) < 4.78 is 0. The number of aromatic hydroxyl groups is 1. The van der Waals surface area contributed by atoms with Gasteiger partial charge in [0.05, 0.1) is 50.3 Å². The summed E-state index contributed by atoms with van der Waals surface area (Å²) in [5, 5.41) is 104. The van der Waals surface area contributed by atoms with Gasteiger partial charge in [0.1, 0.15) is 78.3 Å². The van der Waals surface area contributed by atoms with Crippen molar-refractivity contribution < 1.29 is 112 Å². The quantitative estimate of drug-likeness (QED) is 0.0142. The van der Waals surface area contributed by atoms with E-state index < -0.39 is 223 Å². The van der Waals surface area contributed by atoms with Gasteiger partial charge >= 0.3 is 11.9 Å². The number of nitrogens with one attached hydrogen (secondary N) is 15. The molecule has 0 aliphatic rings. The number of phenolic OH excluding ortho intramolecular Hbond substituents is 1. The van der Waals surface area contributed by atoms with Crippen LogP contribution in [0.5, 0.6) is 5.75 Å². The van der Waals surface area contributed by atoms with E-state index in [9.17, 15) is 112 Å². The van der Waals surface area contributed by atoms with Crippen molar-refractivity contribution in [3.8, 4) is 5.75 Å². The summed E-state index contributed by atoms with van der Waals surface area (Å²) >= 11 is 0. The summed E-state index contributed by atoms with van der Waals surface area (Å²) in [6, 6.07) is -8.33. The Labute approximate surface area is 681 Å². The first-order valence-electron chi connectivity index (χ1n) is 38.3. The molecule has 0 saturated heterocycles. The Kier molecular flexibility index (Phi) is 42.3. The number of nitrogens with two attached hydrogens (primary N) is 3. The summed E-state index contributed by atoms with van der Waals surface area (Å²) in [5.41, 5.74) is 18.4. The van der Waals surface area contributed by atoms with Crippen LogP contribution in [0.25, 0.3) is 0 Å². The molecule has 28 N–H and O–H groups in total. The van der Waals surface area contributed by atoms with Gasteiger partial charge < -0.3 is 132 Å². The third-order valence-electron chi connectivity index (χ3n) is 18.3. The molecule has 43 heteroatoms. The topological polar surface area (TPSA) is 702 Å². The van der Waals surface area contributed by atoms with Crippen LogP contribution >= 0.6 is 0 Å². The monoisotopic (exact) mass is 1660 g/mol. The standard InChI is InChI=1S/C75H116N20O23/c1-12-37(6)57(71(114)94-59(41(10)98)73(116)95-60(42(11)99)74(117)118)92-69(112)50(26-36(4)5)89-67(110)52(29-45-31-79-34-82-45)87-62(105)39(8)83-65(108)49(25-35(2)3)88-68(111)53(30-56(102)103)85-55(101)32-81-64(107)48(19-16-24-80-75(77)78)86-61(104)38(7)84-70(113)54(33-96)91-66(109)51(28-43-17-14-13-15-18-43)90-72(115)58(40(9)97)93-63(106)47(76)27-44-20-22-46(100)23-21-44/h13-15,17-18,20-23,31,34-42,47-54,57-60,96-100H,12,16,19,24-30,32-33,76H2,1-11H3,(H,79,82)(H,81,107)(H,83,108)(H,84,113)(H,85,101)(H,86,104)(H,87,105)(H,88,111)(H,89,110)(H,90,115)(H,91,109)(H,92,112)(H,93,106)(H,94,114)(H,95,116)(H,102,103)(H,117,118)(H4,77,78,80)/t37-,38-,39-,40+,41+,42+,47-,48-,49-,50-,51-,52-,53-,54-,57-,58-,59-,60-/m0/s1. The van der Waals surface area contributed by atoms with E-state index in [1.807, 2.05) is 0 Å². The van der Waals surface area contributed by atoms with Gasteiger partial charge in [0, 0.05) is 31.3 Å². The highest BCUT2D eigenvalue weighted by atomic mass is 16.4. The highest BCUT2D eigenvalue weighted by Crippen LogP contribution is 2.16. The highest BCUT2D eigenvalue weighted by Gasteiger charge is 2.40. The van der Waals surface area contributed by atoms with Crippen molar-refractivity contribution in [1.82, 2.24) is 84.4 Å². The van der Waals surface area contributed by atoms with Crippen LogP contribution in [0.1, 0.15) is 132 Å². The minimum atomic E-state index is -1.94. The molecule has 0 bridgehead atoms. The van der Waals surface area contributed by atoms with E-state index >= 15 is 0 Å². The van der Waals surface area contributed by atoms with E-state index in [0.717, 1.165) is 13.8 Å². The lowest BCUT2D eigenvalue weighted by atomic mass is 9.96. The summed E-state index contributed by atoms with van der Waals surface area (Å²) in [5.74, 6) is -19.5. The van der Waals surface area contributed by atoms with Crippen molar-refractivity contribution in [3.63, 3.8) is 0 Å². The number of carbonyl (C=O) groups is 16. The van der Waals surface area contributed by atoms with Crippen LogP contribution in [0.4, 0.5) is 0 Å². The van der Waals surface area contributed by atoms with Crippen molar-refractivity contribution >= 4 is 101 Å². The number of aliphatic hydroxyl groups is 4. The van der Waals surface area contributed by atoms with Gasteiger partial charge in [-0.15, -0.1) is 0 Å². The number of phenols is 1. The Hall–Kier alpha value is -12.0. The SMILES string of the molecule is CC[C@H](C)[C@H](NC(=O)[C@H](CC(C)C)NC(=O)[C@H](Cc1cnc[nH]1)NC(=O)[C@H](C)NC(=O)[C@H](CC(C)C)NC(=O)[C@H](CC(=O)O)NC(=O)CNC(=O)[C@H](CCCN=C(N)N)NC(=O)[C@H](C)NC(=O)[C@H](CO)NC(=O)[C@H](Cc1ccccc1)NC(=O)[C@@H](NC(=O)[C@@H](N)Cc1ccc(O)cc1)[C@@H](C)O)C(=O)N[C@H](C(=O)N[C@H](C(=O)O)[C@@H](C)O)[C@@H](C)O. The number of aliphatic hydroxyl groups excluding tert-OH is 4. The first-order chi connectivity index (χ1) is 55.4. The Morgan fingerprint density at radius 1 is 0.466 bits per heavy atom. The van der Waals surface area contributed by atoms with Crippen LogP contribution in [-0.4, -0.2) is 269 Å². The van der Waals surface area contributed by atoms with Crippen LogP contribution in [0.3, 0.4) is 0 Å². The summed E-state index contributed by atoms with van der Waals surface area (Å²) in [7, 11) is 0. The average molecular weight is 1670 g/mol. The van der Waals surface area contributed by atoms with E-state index in [1.165, 1.54) is 57.6 Å². The number of carbonyl (C=O) groups excluding carboxylic acids is 14. The lowest BCUT2D eigenvalue weighted by Gasteiger charge is -2.30. The molecular formula is C75H116N20O23. The molecule has 1 heterocycles. The third kappa shape index (κ3) is 35.2. The number of rotatable bonds is 51. The third-order valence-corrected chi connectivity index (χ3v) is 18.3. The Morgan fingerprint density at radius 2 is 0.898 bits per heavy atom. The zero-order valence-electron chi connectivity index (χ0n) is 67.7. The number of carboxylic acids is 2. The van der Waals surface area contributed by atoms with Crippen molar-refractivity contribution in [1.29, 1.82) is 0 Å². The van der Waals surface area contributed by atoms with E-state index in [2.05, 4.69) is 89.4 Å². The van der Waals surface area contributed by atoms with Gasteiger partial charge in [-0.05, 0) is 108 Å². The van der Waals surface area contributed by atoms with Gasteiger partial charge in [0.15, 0.2) is 12.0 Å². The molecule has 0 saturated carbocycles. The van der Waals surface area contributed by atoms with Crippen molar-refractivity contribution in [3.05, 3.63) is 83.9 Å². The predicted molar refractivity (Wildman–Crippen MR) is 422 cm³/mol. The molecular weight excluding hydrogens is 1550 g/mol. The Balaban J connectivity index is 1.78. The van der Waals surface area contributed by atoms with E-state index in [1.54, 1.807) is 71.9 Å². The molecule has 14 amide bonds. The molecule has 3 aromatic rings.